The van der Waals surface area contributed by atoms with Crippen LogP contribution in [0.4, 0.5) is 4.79 Å². The molecule has 0 bridgehead atoms. The van der Waals surface area contributed by atoms with Crippen LogP contribution in [0, 0.1) is 0 Å². The number of hydrogen-bond donors (Lipinski definition) is 1. The summed E-state index contributed by atoms with van der Waals surface area (Å²) in [6.07, 6.45) is 18.8. The first kappa shape index (κ1) is 22.3. The van der Waals surface area contributed by atoms with E-state index in [1.54, 1.807) is 7.05 Å². The van der Waals surface area contributed by atoms with Crippen LogP contribution in [-0.4, -0.2) is 19.2 Å². The van der Waals surface area contributed by atoms with Crippen molar-refractivity contribution in [1.29, 1.82) is 0 Å². The van der Waals surface area contributed by atoms with Gasteiger partial charge in [-0.1, -0.05) is 84.5 Å². The van der Waals surface area contributed by atoms with Crippen LogP contribution in [0.1, 0.15) is 110 Å². The molecule has 0 saturated carbocycles. The zero-order valence-corrected chi connectivity index (χ0v) is 16.0. The Labute approximate surface area is 144 Å². The fraction of sp³-hybridized carbons (Fsp3) is 0.950. The van der Waals surface area contributed by atoms with Crippen molar-refractivity contribution >= 4 is 6.09 Å². The average Bonchev–Trinajstić information content (AvgIpc) is 2.56. The smallest absolute Gasteiger partial charge is 0.407 e. The van der Waals surface area contributed by atoms with E-state index in [1.807, 2.05) is 0 Å². The van der Waals surface area contributed by atoms with Crippen LogP contribution in [0.5, 0.6) is 0 Å². The van der Waals surface area contributed by atoms with Crippen molar-refractivity contribution < 1.29 is 9.53 Å². The summed E-state index contributed by atoms with van der Waals surface area (Å²) in [6.45, 7) is 4.50. The Morgan fingerprint density at radius 2 is 1.13 bits per heavy atom. The minimum absolute atomic E-state index is 0.108. The molecular formula is C20H41NO2. The van der Waals surface area contributed by atoms with Crippen LogP contribution >= 0.6 is 0 Å². The highest BCUT2D eigenvalue weighted by Crippen LogP contribution is 2.17. The fourth-order valence-electron chi connectivity index (χ4n) is 2.95. The molecule has 0 saturated heterocycles. The van der Waals surface area contributed by atoms with Gasteiger partial charge in [-0.25, -0.2) is 4.79 Å². The van der Waals surface area contributed by atoms with Crippen molar-refractivity contribution in [3.63, 3.8) is 0 Å². The number of unbranched alkanes of at least 4 members (excludes halogenated alkanes) is 11. The summed E-state index contributed by atoms with van der Waals surface area (Å²) in [7, 11) is 1.64. The molecule has 0 spiro atoms. The number of hydrogen-bond acceptors (Lipinski definition) is 2. The number of carbonyl (C=O) groups is 1. The molecular weight excluding hydrogens is 286 g/mol. The average molecular weight is 328 g/mol. The zero-order valence-electron chi connectivity index (χ0n) is 16.0. The lowest BCUT2D eigenvalue weighted by atomic mass is 10.0. The Balaban J connectivity index is 3.75. The minimum atomic E-state index is -0.274. The highest BCUT2D eigenvalue weighted by atomic mass is 16.6. The Kier molecular flexibility index (Phi) is 17.1. The number of carbonyl (C=O) groups excluding carboxylic acids is 1. The van der Waals surface area contributed by atoms with Crippen LogP contribution in [0.15, 0.2) is 0 Å². The number of amides is 1. The molecule has 0 aromatic rings. The molecule has 0 aromatic heterocycles. The van der Waals surface area contributed by atoms with Crippen molar-refractivity contribution in [3.05, 3.63) is 0 Å². The molecule has 0 aromatic carbocycles. The summed E-state index contributed by atoms with van der Waals surface area (Å²) in [5.74, 6) is 0. The standard InChI is InChI=1S/C20H41NO2/c1-4-6-8-10-12-14-16-18-19(23-20(22)21-3)17-15-13-11-9-7-5-2/h19H,4-18H2,1-3H3,(H,21,22). The number of rotatable bonds is 16. The molecule has 1 N–H and O–H groups in total. The fourth-order valence-corrected chi connectivity index (χ4v) is 2.95. The predicted molar refractivity (Wildman–Crippen MR) is 99.9 cm³/mol. The van der Waals surface area contributed by atoms with Gasteiger partial charge in [-0.05, 0) is 25.7 Å². The lowest BCUT2D eigenvalue weighted by molar-refractivity contribution is 0.0858. The van der Waals surface area contributed by atoms with Crippen molar-refractivity contribution in [2.45, 2.75) is 116 Å². The van der Waals surface area contributed by atoms with Gasteiger partial charge < -0.3 is 10.1 Å². The maximum Gasteiger partial charge on any atom is 0.407 e. The molecule has 0 heterocycles. The first-order valence-corrected chi connectivity index (χ1v) is 10.1. The van der Waals surface area contributed by atoms with Crippen molar-refractivity contribution in [2.24, 2.45) is 0 Å². The molecule has 3 nitrogen and oxygen atoms in total. The Hall–Kier alpha value is -0.730. The van der Waals surface area contributed by atoms with Crippen LogP contribution < -0.4 is 5.32 Å². The van der Waals surface area contributed by atoms with Gasteiger partial charge in [0.2, 0.25) is 0 Å². The molecule has 0 aliphatic rings. The predicted octanol–water partition coefficient (Wildman–Crippen LogP) is 6.60. The van der Waals surface area contributed by atoms with Gasteiger partial charge in [-0.3, -0.25) is 0 Å². The topological polar surface area (TPSA) is 38.3 Å². The normalized spacial score (nSPS) is 12.1. The van der Waals surface area contributed by atoms with E-state index in [-0.39, 0.29) is 12.2 Å². The van der Waals surface area contributed by atoms with Crippen molar-refractivity contribution in [3.8, 4) is 0 Å². The van der Waals surface area contributed by atoms with Crippen LogP contribution in [-0.2, 0) is 4.74 Å². The van der Waals surface area contributed by atoms with Gasteiger partial charge in [-0.2, -0.15) is 0 Å². The molecule has 138 valence electrons. The monoisotopic (exact) mass is 327 g/mol. The third kappa shape index (κ3) is 15.9. The molecule has 0 fully saturated rings. The maximum atomic E-state index is 11.5. The second kappa shape index (κ2) is 17.6. The second-order valence-electron chi connectivity index (χ2n) is 6.74. The highest BCUT2D eigenvalue weighted by Gasteiger charge is 2.13. The lowest BCUT2D eigenvalue weighted by Gasteiger charge is -2.17. The molecule has 1 unspecified atom stereocenters. The second-order valence-corrected chi connectivity index (χ2v) is 6.74. The largest absolute Gasteiger partial charge is 0.446 e. The van der Waals surface area contributed by atoms with E-state index in [9.17, 15) is 4.79 Å². The first-order chi connectivity index (χ1) is 11.2. The van der Waals surface area contributed by atoms with E-state index >= 15 is 0 Å². The third-order valence-corrected chi connectivity index (χ3v) is 4.49. The summed E-state index contributed by atoms with van der Waals surface area (Å²) < 4.78 is 5.52. The number of nitrogens with one attached hydrogen (secondary N) is 1. The Bertz CT molecular complexity index is 256. The highest BCUT2D eigenvalue weighted by molar-refractivity contribution is 5.66. The Morgan fingerprint density at radius 3 is 1.52 bits per heavy atom. The number of ether oxygens (including phenoxy) is 1. The molecule has 0 rings (SSSR count). The first-order valence-electron chi connectivity index (χ1n) is 10.1. The van der Waals surface area contributed by atoms with Gasteiger partial charge >= 0.3 is 6.09 Å². The molecule has 1 atom stereocenters. The SMILES string of the molecule is CCCCCCCCCC(CCCCCCCC)OC(=O)NC. The van der Waals surface area contributed by atoms with Crippen molar-refractivity contribution in [2.75, 3.05) is 7.05 Å². The van der Waals surface area contributed by atoms with Gasteiger partial charge in [0.05, 0.1) is 0 Å². The minimum Gasteiger partial charge on any atom is -0.446 e. The zero-order chi connectivity index (χ0) is 17.2. The molecule has 0 aliphatic carbocycles. The summed E-state index contributed by atoms with van der Waals surface area (Å²) >= 11 is 0. The lowest BCUT2D eigenvalue weighted by Crippen LogP contribution is -2.26. The number of alkyl carbamates (subject to hydrolysis) is 1. The van der Waals surface area contributed by atoms with Gasteiger partial charge in [-0.15, -0.1) is 0 Å². The van der Waals surface area contributed by atoms with E-state index < -0.39 is 0 Å². The third-order valence-electron chi connectivity index (χ3n) is 4.49. The molecule has 3 heteroatoms. The van der Waals surface area contributed by atoms with Gasteiger partial charge in [0.25, 0.3) is 0 Å². The van der Waals surface area contributed by atoms with E-state index in [0.29, 0.717) is 0 Å². The van der Waals surface area contributed by atoms with Crippen LogP contribution in [0.2, 0.25) is 0 Å². The summed E-state index contributed by atoms with van der Waals surface area (Å²) in [4.78, 5) is 11.5. The van der Waals surface area contributed by atoms with Gasteiger partial charge in [0.1, 0.15) is 6.10 Å². The maximum absolute atomic E-state index is 11.5. The summed E-state index contributed by atoms with van der Waals surface area (Å²) in [6, 6.07) is 0. The van der Waals surface area contributed by atoms with Crippen LogP contribution in [0.25, 0.3) is 0 Å². The molecule has 0 radical (unpaired) electrons. The van der Waals surface area contributed by atoms with Gasteiger partial charge in [0, 0.05) is 7.05 Å². The van der Waals surface area contributed by atoms with Gasteiger partial charge in [0.15, 0.2) is 0 Å². The van der Waals surface area contributed by atoms with E-state index in [0.717, 1.165) is 12.8 Å². The van der Waals surface area contributed by atoms with Crippen molar-refractivity contribution in [1.82, 2.24) is 5.32 Å². The van der Waals surface area contributed by atoms with E-state index in [1.165, 1.54) is 83.5 Å². The molecule has 0 aliphatic heterocycles. The van der Waals surface area contributed by atoms with E-state index in [4.69, 9.17) is 4.74 Å². The Morgan fingerprint density at radius 1 is 0.739 bits per heavy atom. The van der Waals surface area contributed by atoms with E-state index in [2.05, 4.69) is 19.2 Å². The summed E-state index contributed by atoms with van der Waals surface area (Å²) in [5, 5.41) is 2.58. The summed E-state index contributed by atoms with van der Waals surface area (Å²) in [5.41, 5.74) is 0. The molecule has 23 heavy (non-hydrogen) atoms. The molecule has 1 amide bonds. The quantitative estimate of drug-likeness (QED) is 0.324. The van der Waals surface area contributed by atoms with Crippen LogP contribution in [0.3, 0.4) is 0 Å².